The number of aliphatic hydroxyl groups excluding tert-OH is 1. The van der Waals surface area contributed by atoms with E-state index in [1.807, 2.05) is 6.92 Å². The van der Waals surface area contributed by atoms with Gasteiger partial charge >= 0.3 is 0 Å². The second-order valence-electron chi connectivity index (χ2n) is 4.79. The molecule has 0 saturated heterocycles. The number of carbonyl (C=O) groups excluding carboxylic acids is 1. The van der Waals surface area contributed by atoms with Crippen molar-refractivity contribution in [1.29, 1.82) is 0 Å². The number of hydrogen-bond donors (Lipinski definition) is 3. The van der Waals surface area contributed by atoms with Gasteiger partial charge in [-0.3, -0.25) is 14.9 Å². The van der Waals surface area contributed by atoms with Gasteiger partial charge in [0.1, 0.15) is 0 Å². The maximum Gasteiger partial charge on any atom is 0.269 e. The Bertz CT molecular complexity index is 476. The molecule has 2 atom stereocenters. The second-order valence-corrected chi connectivity index (χ2v) is 4.79. The Morgan fingerprint density at radius 2 is 2.00 bits per heavy atom. The van der Waals surface area contributed by atoms with Gasteiger partial charge in [0, 0.05) is 25.2 Å². The SMILES string of the molecule is CCCNC(=O)C(C)NCC(O)c1ccc([N+](=O)[O-])cc1. The van der Waals surface area contributed by atoms with Crippen LogP contribution < -0.4 is 10.6 Å². The van der Waals surface area contributed by atoms with Gasteiger partial charge in [0.2, 0.25) is 5.91 Å². The van der Waals surface area contributed by atoms with Crippen molar-refractivity contribution in [3.8, 4) is 0 Å². The average Bonchev–Trinajstić information content (AvgIpc) is 2.49. The minimum Gasteiger partial charge on any atom is -0.387 e. The van der Waals surface area contributed by atoms with E-state index in [9.17, 15) is 20.0 Å². The maximum atomic E-state index is 11.6. The number of aliphatic hydroxyl groups is 1. The van der Waals surface area contributed by atoms with Crippen LogP contribution in [0.25, 0.3) is 0 Å². The van der Waals surface area contributed by atoms with Crippen molar-refractivity contribution >= 4 is 11.6 Å². The predicted octanol–water partition coefficient (Wildman–Crippen LogP) is 1.13. The lowest BCUT2D eigenvalue weighted by molar-refractivity contribution is -0.384. The van der Waals surface area contributed by atoms with Crippen molar-refractivity contribution in [2.75, 3.05) is 13.1 Å². The molecular formula is C14H21N3O4. The van der Waals surface area contributed by atoms with E-state index in [2.05, 4.69) is 10.6 Å². The van der Waals surface area contributed by atoms with Gasteiger partial charge in [-0.2, -0.15) is 0 Å². The fourth-order valence-corrected chi connectivity index (χ4v) is 1.72. The Labute approximate surface area is 123 Å². The van der Waals surface area contributed by atoms with Gasteiger partial charge < -0.3 is 15.7 Å². The molecule has 7 heteroatoms. The maximum absolute atomic E-state index is 11.6. The standard InChI is InChI=1S/C14H21N3O4/c1-3-8-15-14(19)10(2)16-9-13(18)11-4-6-12(7-5-11)17(20)21/h4-7,10,13,16,18H,3,8-9H2,1-2H3,(H,15,19). The van der Waals surface area contributed by atoms with Gasteiger partial charge in [0.25, 0.3) is 5.69 Å². The molecule has 0 saturated carbocycles. The lowest BCUT2D eigenvalue weighted by Gasteiger charge is -2.17. The monoisotopic (exact) mass is 295 g/mol. The summed E-state index contributed by atoms with van der Waals surface area (Å²) in [4.78, 5) is 21.7. The number of nitrogens with zero attached hydrogens (tertiary/aromatic N) is 1. The highest BCUT2D eigenvalue weighted by molar-refractivity contribution is 5.81. The van der Waals surface area contributed by atoms with Crippen molar-refractivity contribution in [2.24, 2.45) is 0 Å². The molecule has 1 aromatic carbocycles. The van der Waals surface area contributed by atoms with E-state index < -0.39 is 17.1 Å². The van der Waals surface area contributed by atoms with Gasteiger partial charge in [-0.25, -0.2) is 0 Å². The number of benzene rings is 1. The molecule has 116 valence electrons. The van der Waals surface area contributed by atoms with Crippen molar-refractivity contribution < 1.29 is 14.8 Å². The lowest BCUT2D eigenvalue weighted by Crippen LogP contribution is -2.43. The average molecular weight is 295 g/mol. The first-order chi connectivity index (χ1) is 9.95. The molecule has 0 aliphatic carbocycles. The highest BCUT2D eigenvalue weighted by Gasteiger charge is 2.15. The van der Waals surface area contributed by atoms with E-state index in [1.54, 1.807) is 6.92 Å². The Morgan fingerprint density at radius 3 is 2.52 bits per heavy atom. The van der Waals surface area contributed by atoms with Crippen LogP contribution in [0.15, 0.2) is 24.3 Å². The number of hydrogen-bond acceptors (Lipinski definition) is 5. The Kier molecular flexibility index (Phi) is 6.77. The van der Waals surface area contributed by atoms with E-state index >= 15 is 0 Å². The molecule has 0 fully saturated rings. The molecule has 0 heterocycles. The molecule has 0 bridgehead atoms. The summed E-state index contributed by atoms with van der Waals surface area (Å²) in [6.07, 6.45) is 0.0383. The summed E-state index contributed by atoms with van der Waals surface area (Å²) in [6, 6.07) is 5.29. The zero-order chi connectivity index (χ0) is 15.8. The van der Waals surface area contributed by atoms with E-state index in [1.165, 1.54) is 24.3 Å². The van der Waals surface area contributed by atoms with Crippen LogP contribution in [0.2, 0.25) is 0 Å². The highest BCUT2D eigenvalue weighted by atomic mass is 16.6. The Morgan fingerprint density at radius 1 is 1.38 bits per heavy atom. The molecule has 7 nitrogen and oxygen atoms in total. The molecular weight excluding hydrogens is 274 g/mol. The van der Waals surface area contributed by atoms with Crippen LogP contribution in [0, 0.1) is 10.1 Å². The van der Waals surface area contributed by atoms with E-state index in [4.69, 9.17) is 0 Å². The van der Waals surface area contributed by atoms with Gasteiger partial charge in [-0.05, 0) is 31.0 Å². The van der Waals surface area contributed by atoms with Crippen molar-refractivity contribution in [3.63, 3.8) is 0 Å². The van der Waals surface area contributed by atoms with E-state index in [-0.39, 0.29) is 18.1 Å². The fraction of sp³-hybridized carbons (Fsp3) is 0.500. The highest BCUT2D eigenvalue weighted by Crippen LogP contribution is 2.17. The number of nitrogens with one attached hydrogen (secondary N) is 2. The number of amides is 1. The molecule has 3 N–H and O–H groups in total. The van der Waals surface area contributed by atoms with Gasteiger partial charge in [-0.15, -0.1) is 0 Å². The zero-order valence-corrected chi connectivity index (χ0v) is 12.2. The minimum absolute atomic E-state index is 0.0220. The zero-order valence-electron chi connectivity index (χ0n) is 12.2. The van der Waals surface area contributed by atoms with Crippen LogP contribution in [-0.2, 0) is 4.79 Å². The van der Waals surface area contributed by atoms with Crippen LogP contribution in [0.3, 0.4) is 0 Å². The van der Waals surface area contributed by atoms with Gasteiger partial charge in [0.15, 0.2) is 0 Å². The fourth-order valence-electron chi connectivity index (χ4n) is 1.72. The van der Waals surface area contributed by atoms with Crippen LogP contribution >= 0.6 is 0 Å². The molecule has 0 radical (unpaired) electrons. The summed E-state index contributed by atoms with van der Waals surface area (Å²) >= 11 is 0. The summed E-state index contributed by atoms with van der Waals surface area (Å²) in [5, 5.41) is 26.2. The normalized spacial score (nSPS) is 13.5. The number of rotatable bonds is 8. The topological polar surface area (TPSA) is 104 Å². The summed E-state index contributed by atoms with van der Waals surface area (Å²) in [5.41, 5.74) is 0.542. The van der Waals surface area contributed by atoms with Gasteiger partial charge in [-0.1, -0.05) is 6.92 Å². The van der Waals surface area contributed by atoms with Crippen LogP contribution in [0.1, 0.15) is 31.9 Å². The third-order valence-electron chi connectivity index (χ3n) is 3.05. The first-order valence-corrected chi connectivity index (χ1v) is 6.89. The van der Waals surface area contributed by atoms with Crippen LogP contribution in [-0.4, -0.2) is 35.1 Å². The third kappa shape index (κ3) is 5.49. The number of nitro groups is 1. The molecule has 0 aliphatic rings. The minimum atomic E-state index is -0.827. The number of non-ortho nitro benzene ring substituents is 1. The predicted molar refractivity (Wildman–Crippen MR) is 78.8 cm³/mol. The van der Waals surface area contributed by atoms with E-state index in [0.717, 1.165) is 6.42 Å². The Hall–Kier alpha value is -1.99. The molecule has 1 aromatic rings. The Balaban J connectivity index is 2.47. The summed E-state index contributed by atoms with van der Waals surface area (Å²) in [5.74, 6) is -0.118. The van der Waals surface area contributed by atoms with Crippen molar-refractivity contribution in [1.82, 2.24) is 10.6 Å². The number of carbonyl (C=O) groups is 1. The molecule has 2 unspecified atom stereocenters. The quantitative estimate of drug-likeness (QED) is 0.492. The summed E-state index contributed by atoms with van der Waals surface area (Å²) < 4.78 is 0. The smallest absolute Gasteiger partial charge is 0.269 e. The van der Waals surface area contributed by atoms with Gasteiger partial charge in [0.05, 0.1) is 17.1 Å². The second kappa shape index (κ2) is 8.33. The largest absolute Gasteiger partial charge is 0.387 e. The van der Waals surface area contributed by atoms with Crippen LogP contribution in [0.4, 0.5) is 5.69 Å². The van der Waals surface area contributed by atoms with Crippen molar-refractivity contribution in [3.05, 3.63) is 39.9 Å². The number of nitro benzene ring substituents is 1. The lowest BCUT2D eigenvalue weighted by atomic mass is 10.1. The first-order valence-electron chi connectivity index (χ1n) is 6.89. The van der Waals surface area contributed by atoms with E-state index in [0.29, 0.717) is 12.1 Å². The summed E-state index contributed by atoms with van der Waals surface area (Å²) in [7, 11) is 0. The van der Waals surface area contributed by atoms with Crippen LogP contribution in [0.5, 0.6) is 0 Å². The molecule has 1 rings (SSSR count). The first kappa shape index (κ1) is 17.1. The van der Waals surface area contributed by atoms with Crippen molar-refractivity contribution in [2.45, 2.75) is 32.4 Å². The molecule has 0 aliphatic heterocycles. The molecule has 21 heavy (non-hydrogen) atoms. The molecule has 1 amide bonds. The molecule has 0 aromatic heterocycles. The summed E-state index contributed by atoms with van der Waals surface area (Å²) in [6.45, 7) is 4.50. The third-order valence-corrected chi connectivity index (χ3v) is 3.05. The molecule has 0 spiro atoms.